The molecule has 1 aliphatic rings. The van der Waals surface area contributed by atoms with Crippen molar-refractivity contribution in [3.8, 4) is 23.3 Å². The summed E-state index contributed by atoms with van der Waals surface area (Å²) < 4.78 is 97.9. The largest absolute Gasteiger partial charge is 0.478 e. The molecule has 13 rings (SSSR count). The second kappa shape index (κ2) is 32.4. The molecule has 0 radical (unpaired) electrons. The highest BCUT2D eigenvalue weighted by Crippen LogP contribution is 2.43. The van der Waals surface area contributed by atoms with Crippen molar-refractivity contribution in [2.24, 2.45) is 0 Å². The van der Waals surface area contributed by atoms with E-state index in [4.69, 9.17) is 5.11 Å². The predicted octanol–water partition coefficient (Wildman–Crippen LogP) is 8.65. The number of esters is 2. The predicted molar refractivity (Wildman–Crippen MR) is 347 cm³/mol. The number of carbonyl (C=O) groups is 8. The number of rotatable bonds is 17. The molecule has 104 heavy (non-hydrogen) atoms. The second-order valence-corrected chi connectivity index (χ2v) is 21.3. The molecule has 8 aromatic heterocycles. The maximum atomic E-state index is 14.1. The number of amides is 4. The molecule has 4 aromatic carbocycles. The summed E-state index contributed by atoms with van der Waals surface area (Å²) in [6, 6.07) is 22.5. The Hall–Kier alpha value is -14.6. The number of imidazole rings is 4. The van der Waals surface area contributed by atoms with Gasteiger partial charge in [0.1, 0.15) is 42.5 Å². The van der Waals surface area contributed by atoms with Crippen LogP contribution in [-0.4, -0.2) is 151 Å². The Morgan fingerprint density at radius 3 is 1.22 bits per heavy atom. The Labute approximate surface area is 579 Å². The minimum atomic E-state index is -2.22. The Kier molecular flexibility index (Phi) is 22.5. The van der Waals surface area contributed by atoms with Crippen LogP contribution in [0.15, 0.2) is 172 Å². The Morgan fingerprint density at radius 1 is 0.433 bits per heavy atom. The molecule has 526 valence electrons. The van der Waals surface area contributed by atoms with Gasteiger partial charge < -0.3 is 41.0 Å². The summed E-state index contributed by atoms with van der Waals surface area (Å²) in [5.41, 5.74) is -1.99. The summed E-state index contributed by atoms with van der Waals surface area (Å²) in [7, 11) is 1.99. The third kappa shape index (κ3) is 17.1. The fourth-order valence-electron chi connectivity index (χ4n) is 9.22. The van der Waals surface area contributed by atoms with Gasteiger partial charge in [-0.15, -0.1) is 40.8 Å². The quantitative estimate of drug-likeness (QED) is 0.0215. The normalized spacial score (nSPS) is 11.2. The van der Waals surface area contributed by atoms with Crippen molar-refractivity contribution < 1.29 is 84.4 Å². The van der Waals surface area contributed by atoms with Crippen molar-refractivity contribution in [2.45, 2.75) is 25.7 Å². The number of methoxy groups -OCH3 is 2. The number of nitrogens with zero attached hydrogens (tertiary/aromatic N) is 16. The topological polar surface area (TPSA) is 418 Å². The minimum Gasteiger partial charge on any atom is -0.478 e. The molecule has 1 saturated carbocycles. The van der Waals surface area contributed by atoms with Crippen molar-refractivity contribution in [3.05, 3.63) is 263 Å². The van der Waals surface area contributed by atoms with Crippen LogP contribution in [0.25, 0.3) is 23.3 Å². The van der Waals surface area contributed by atoms with Gasteiger partial charge in [0.15, 0.2) is 69.3 Å². The van der Waals surface area contributed by atoms with Crippen LogP contribution in [0, 0.1) is 41.8 Å². The van der Waals surface area contributed by atoms with Gasteiger partial charge in [0.2, 0.25) is 0 Å². The number of hydrogen-bond acceptors (Lipinski definition) is 22. The average Bonchev–Trinajstić information content (AvgIpc) is 0.816. The number of halogens is 6. The number of nitrogens with one attached hydrogen (secondary N) is 4. The zero-order valence-corrected chi connectivity index (χ0v) is 53.6. The zero-order valence-electron chi connectivity index (χ0n) is 53.6. The molecule has 38 heteroatoms. The highest BCUT2D eigenvalue weighted by Gasteiger charge is 2.33. The first-order chi connectivity index (χ1) is 50.0. The molecule has 32 nitrogen and oxygen atoms in total. The van der Waals surface area contributed by atoms with Crippen molar-refractivity contribution in [2.75, 3.05) is 35.5 Å². The van der Waals surface area contributed by atoms with Crippen LogP contribution >= 0.6 is 0 Å². The molecule has 0 saturated heterocycles. The third-order valence-electron chi connectivity index (χ3n) is 14.5. The molecule has 0 spiro atoms. The highest BCUT2D eigenvalue weighted by atomic mass is 19.2. The first-order valence-corrected chi connectivity index (χ1v) is 29.8. The minimum absolute atomic E-state index is 0.00356. The molecule has 12 aromatic rings. The maximum Gasteiger partial charge on any atom is 0.343 e. The molecular weight excluding hydrogens is 1380 g/mol. The number of aryl methyl sites for hydroxylation is 1. The van der Waals surface area contributed by atoms with Gasteiger partial charge in [-0.2, -0.15) is 0 Å². The number of ether oxygens (including phenoxy) is 2. The van der Waals surface area contributed by atoms with E-state index in [1.807, 2.05) is 0 Å². The monoisotopic (exact) mass is 1430 g/mol. The van der Waals surface area contributed by atoms with Gasteiger partial charge in [0, 0.05) is 49.6 Å². The molecule has 0 aliphatic heterocycles. The molecule has 1 aliphatic carbocycles. The van der Waals surface area contributed by atoms with E-state index in [1.165, 1.54) is 78.8 Å². The van der Waals surface area contributed by atoms with Crippen LogP contribution in [0.4, 0.5) is 49.1 Å². The summed E-state index contributed by atoms with van der Waals surface area (Å²) in [4.78, 5) is 111. The lowest BCUT2D eigenvalue weighted by molar-refractivity contribution is 0.0588. The fourth-order valence-corrected chi connectivity index (χ4v) is 9.22. The van der Waals surface area contributed by atoms with Crippen LogP contribution < -0.4 is 21.3 Å². The molecule has 0 unspecified atom stereocenters. The van der Waals surface area contributed by atoms with Crippen LogP contribution in [0.3, 0.4) is 0 Å². The highest BCUT2D eigenvalue weighted by molar-refractivity contribution is 6.10. The molecule has 4 amide bonds. The molecule has 0 atom stereocenters. The van der Waals surface area contributed by atoms with Gasteiger partial charge >= 0.3 is 23.9 Å². The first-order valence-electron chi connectivity index (χ1n) is 29.8. The number of aromatic nitrogens is 16. The zero-order chi connectivity index (χ0) is 74.3. The van der Waals surface area contributed by atoms with E-state index in [0.29, 0.717) is 34.4 Å². The van der Waals surface area contributed by atoms with E-state index in [1.54, 1.807) is 119 Å². The van der Waals surface area contributed by atoms with Crippen molar-refractivity contribution in [1.82, 2.24) is 79.0 Å². The van der Waals surface area contributed by atoms with Gasteiger partial charge in [0.25, 0.3) is 23.6 Å². The number of aromatic carboxylic acids is 2. The van der Waals surface area contributed by atoms with E-state index < -0.39 is 93.7 Å². The number of carbonyl (C=O) groups excluding carboxylic acids is 6. The SMILES string of the molecule is COC(=O)c1c(F)c(F)c(F)c(F)c1NC(=O)c1ccc(-n2ccnc2)nn1.COC(=O)c1cc(F)cc(C)c1NC(=O)c1ccc(-n2ccnc2)nn1.O=C(Nc1cc(C2CC2)c(F)cc1C(=O)O)c1ccc(-n2ccnc2)nn1.O=C(Nc1ccccc1C(=O)O)c1ccc(-n2ccnc2)nn1. The van der Waals surface area contributed by atoms with Crippen molar-refractivity contribution >= 4 is 70.3 Å². The van der Waals surface area contributed by atoms with Gasteiger partial charge in [-0.05, 0) is 122 Å². The number of benzene rings is 4. The lowest BCUT2D eigenvalue weighted by Crippen LogP contribution is -2.21. The number of carboxylic acids is 2. The number of carboxylic acid groups (broad SMARTS) is 2. The Bertz CT molecular complexity index is 5160. The maximum absolute atomic E-state index is 14.1. The summed E-state index contributed by atoms with van der Waals surface area (Å²) in [6.45, 7) is 1.57. The number of para-hydroxylation sites is 1. The van der Waals surface area contributed by atoms with Crippen molar-refractivity contribution in [3.63, 3.8) is 0 Å². The van der Waals surface area contributed by atoms with Crippen LogP contribution in [0.2, 0.25) is 0 Å². The fraction of sp³-hybridized carbons (Fsp3) is 0.0909. The van der Waals surface area contributed by atoms with Crippen LogP contribution in [-0.2, 0) is 9.47 Å². The van der Waals surface area contributed by atoms with Gasteiger partial charge in [0.05, 0.1) is 53.7 Å². The van der Waals surface area contributed by atoms with Gasteiger partial charge in [-0.3, -0.25) is 37.4 Å². The van der Waals surface area contributed by atoms with Crippen molar-refractivity contribution in [1.29, 1.82) is 0 Å². The third-order valence-corrected chi connectivity index (χ3v) is 14.5. The van der Waals surface area contributed by atoms with Gasteiger partial charge in [-0.1, -0.05) is 12.1 Å². The number of anilines is 4. The van der Waals surface area contributed by atoms with E-state index in [2.05, 4.69) is 86.1 Å². The van der Waals surface area contributed by atoms with E-state index >= 15 is 0 Å². The smallest absolute Gasteiger partial charge is 0.343 e. The molecule has 6 N–H and O–H groups in total. The van der Waals surface area contributed by atoms with Gasteiger partial charge in [-0.25, -0.2) is 65.5 Å². The lowest BCUT2D eigenvalue weighted by atomic mass is 10.0. The molecular formula is C66H48F6N20O12. The summed E-state index contributed by atoms with van der Waals surface area (Å²) in [5.74, 6) is -15.4. The molecule has 1 fully saturated rings. The van der Waals surface area contributed by atoms with E-state index in [9.17, 15) is 69.8 Å². The van der Waals surface area contributed by atoms with E-state index in [-0.39, 0.29) is 62.4 Å². The summed E-state index contributed by atoms with van der Waals surface area (Å²) >= 11 is 0. The van der Waals surface area contributed by atoms with E-state index in [0.717, 1.165) is 32.1 Å². The standard InChI is InChI=1S/C18H14FN5O3.C17H14FN5O3.C16H9F4N5O3.C15H11N5O3/c19-13-7-12(18(26)27)15(8-11(13)10-1-2-10)21-17(25)14-3-4-16(23-22-14)24-6-5-20-9-24;1-10-7-11(18)8-12(17(25)26-2)15(10)20-16(24)13-3-4-14(22-21-13)23-6-5-19-9-23;1-28-16(27)9-10(17)11(18)12(19)13(20)14(9)22-15(26)7-2-3-8(24-23-7)25-5-4-21-6-25;21-14(17-11-4-2-1-3-10(11)15(22)23)12-5-6-13(19-18-12)20-8-7-16-9-20/h3-10H,1-2H2,(H,21,25)(H,26,27);3-9H,1-2H3,(H,20,24);2-6H,1H3,(H,22,26);1-9H,(H,17,21)(H,22,23). The van der Waals surface area contributed by atoms with Crippen LogP contribution in [0.5, 0.6) is 0 Å². The lowest BCUT2D eigenvalue weighted by Gasteiger charge is -2.13. The average molecular weight is 1430 g/mol. The summed E-state index contributed by atoms with van der Waals surface area (Å²) in [5, 5.41) is 58.6. The Balaban J connectivity index is 0.000000149. The Morgan fingerprint density at radius 2 is 0.837 bits per heavy atom. The van der Waals surface area contributed by atoms with Crippen LogP contribution in [0.1, 0.15) is 113 Å². The molecule has 0 bridgehead atoms. The summed E-state index contributed by atoms with van der Waals surface area (Å²) in [6.07, 6.45) is 20.7. The molecule has 8 heterocycles. The number of hydrogen-bond donors (Lipinski definition) is 6. The second-order valence-electron chi connectivity index (χ2n) is 21.3. The first kappa shape index (κ1) is 72.1.